The van der Waals surface area contributed by atoms with E-state index in [0.717, 1.165) is 46.3 Å². The summed E-state index contributed by atoms with van der Waals surface area (Å²) in [5.74, 6) is 0.131. The van der Waals surface area contributed by atoms with Crippen molar-refractivity contribution in [3.05, 3.63) is 58.8 Å². The minimum absolute atomic E-state index is 0.0891. The van der Waals surface area contributed by atoms with Crippen LogP contribution in [0.3, 0.4) is 0 Å². The van der Waals surface area contributed by atoms with Gasteiger partial charge in [-0.2, -0.15) is 0 Å². The molecule has 29 heavy (non-hydrogen) atoms. The van der Waals surface area contributed by atoms with Crippen molar-refractivity contribution >= 4 is 32.4 Å². The van der Waals surface area contributed by atoms with Crippen LogP contribution >= 0.6 is 0 Å². The predicted molar refractivity (Wildman–Crippen MR) is 114 cm³/mol. The van der Waals surface area contributed by atoms with Gasteiger partial charge in [0.1, 0.15) is 0 Å². The van der Waals surface area contributed by atoms with E-state index in [9.17, 15) is 13.2 Å². The topological polar surface area (TPSA) is 70.2 Å². The van der Waals surface area contributed by atoms with E-state index in [0.29, 0.717) is 23.4 Å². The van der Waals surface area contributed by atoms with Crippen LogP contribution in [0.4, 0.5) is 5.69 Å². The number of nitrogens with zero attached hydrogens (tertiary/aromatic N) is 1. The van der Waals surface area contributed by atoms with E-state index >= 15 is 0 Å². The maximum Gasteiger partial charge on any atom is 0.264 e. The number of hydrogen-bond donors (Lipinski definition) is 1. The van der Waals surface area contributed by atoms with E-state index < -0.39 is 10.0 Å². The molecule has 5 rings (SSSR count). The molecule has 1 aliphatic heterocycles. The van der Waals surface area contributed by atoms with E-state index in [2.05, 4.69) is 18.8 Å². The Morgan fingerprint density at radius 2 is 1.86 bits per heavy atom. The predicted octanol–water partition coefficient (Wildman–Crippen LogP) is 4.38. The molecule has 1 N–H and O–H groups in total. The number of nitrogens with one attached hydrogen (secondary N) is 1. The van der Waals surface area contributed by atoms with Crippen molar-refractivity contribution in [3.63, 3.8) is 0 Å². The summed E-state index contributed by atoms with van der Waals surface area (Å²) in [5.41, 5.74) is 4.76. The smallest absolute Gasteiger partial charge is 0.264 e. The molecule has 0 saturated heterocycles. The number of rotatable bonds is 2. The average Bonchev–Trinajstić information content (AvgIpc) is 3.21. The quantitative estimate of drug-likeness (QED) is 0.684. The van der Waals surface area contributed by atoms with E-state index in [-0.39, 0.29) is 11.2 Å². The fraction of sp³-hybridized carbons (Fsp3) is 0.348. The molecule has 0 bridgehead atoms. The number of carbonyl (C=O) groups is 1. The lowest BCUT2D eigenvalue weighted by Gasteiger charge is -2.28. The first-order valence-corrected chi connectivity index (χ1v) is 11.4. The summed E-state index contributed by atoms with van der Waals surface area (Å²) >= 11 is 0. The highest BCUT2D eigenvalue weighted by molar-refractivity contribution is 7.93. The molecule has 1 aliphatic carbocycles. The molecule has 0 unspecified atom stereocenters. The fourth-order valence-corrected chi connectivity index (χ4v) is 6.59. The third-order valence-corrected chi connectivity index (χ3v) is 8.11. The highest BCUT2D eigenvalue weighted by Crippen LogP contribution is 2.40. The zero-order valence-corrected chi connectivity index (χ0v) is 17.7. The molecule has 0 spiro atoms. The van der Waals surface area contributed by atoms with Gasteiger partial charge < -0.3 is 4.98 Å². The van der Waals surface area contributed by atoms with Gasteiger partial charge in [-0.05, 0) is 54.5 Å². The van der Waals surface area contributed by atoms with Crippen LogP contribution in [0.1, 0.15) is 47.4 Å². The average molecular weight is 409 g/mol. The zero-order valence-electron chi connectivity index (χ0n) is 16.9. The number of anilines is 1. The largest absolute Gasteiger partial charge is 0.358 e. The molecule has 2 heterocycles. The van der Waals surface area contributed by atoms with Crippen molar-refractivity contribution in [2.75, 3.05) is 10.8 Å². The number of benzene rings is 2. The molecule has 6 heteroatoms. The standard InChI is InChI=1S/C23H24N2O3S/c1-14-10-16-17(24-18-12-23(2,3)13-20(26)22(16)18)11-21(14)29(27,28)25-9-8-15-6-4-5-7-19(15)25/h4-7,10-11,24H,8-9,12-13H2,1-3H3. The SMILES string of the molecule is Cc1cc2c3c([nH]c2cc1S(=O)(=O)N1CCc2ccccc21)CC(C)(C)CC3=O. The molecule has 0 saturated carbocycles. The summed E-state index contributed by atoms with van der Waals surface area (Å²) in [4.78, 5) is 16.4. The second-order valence-electron chi connectivity index (χ2n) is 9.04. The molecule has 0 atom stereocenters. The van der Waals surface area contributed by atoms with Gasteiger partial charge in [0, 0.05) is 35.1 Å². The van der Waals surface area contributed by atoms with Gasteiger partial charge in [-0.25, -0.2) is 8.42 Å². The molecule has 150 valence electrons. The van der Waals surface area contributed by atoms with Crippen LogP contribution in [-0.2, 0) is 22.9 Å². The van der Waals surface area contributed by atoms with Crippen molar-refractivity contribution in [1.82, 2.24) is 4.98 Å². The molecule has 3 aromatic rings. The van der Waals surface area contributed by atoms with Crippen molar-refractivity contribution < 1.29 is 13.2 Å². The Balaban J connectivity index is 1.66. The summed E-state index contributed by atoms with van der Waals surface area (Å²) in [7, 11) is -3.68. The van der Waals surface area contributed by atoms with Crippen LogP contribution in [-0.4, -0.2) is 25.7 Å². The molecule has 0 fully saturated rings. The van der Waals surface area contributed by atoms with Gasteiger partial charge >= 0.3 is 0 Å². The number of ketones is 1. The maximum absolute atomic E-state index is 13.5. The Morgan fingerprint density at radius 1 is 1.10 bits per heavy atom. The minimum atomic E-state index is -3.68. The summed E-state index contributed by atoms with van der Waals surface area (Å²) in [6, 6.07) is 11.2. The molecular formula is C23H24N2O3S. The number of aromatic amines is 1. The van der Waals surface area contributed by atoms with Crippen LogP contribution in [0.2, 0.25) is 0 Å². The van der Waals surface area contributed by atoms with Gasteiger partial charge in [0.25, 0.3) is 10.0 Å². The second-order valence-corrected chi connectivity index (χ2v) is 10.9. The monoisotopic (exact) mass is 408 g/mol. The first-order valence-electron chi connectivity index (χ1n) is 9.96. The van der Waals surface area contributed by atoms with Gasteiger partial charge in [0.15, 0.2) is 5.78 Å². The van der Waals surface area contributed by atoms with E-state index in [1.165, 1.54) is 4.31 Å². The Kier molecular flexibility index (Phi) is 3.78. The number of para-hydroxylation sites is 1. The Bertz CT molecular complexity index is 1280. The molecule has 2 aliphatic rings. The Hall–Kier alpha value is -2.60. The number of aryl methyl sites for hydroxylation is 1. The fourth-order valence-electron chi connectivity index (χ4n) is 4.86. The molecule has 0 radical (unpaired) electrons. The Morgan fingerprint density at radius 3 is 2.66 bits per heavy atom. The third-order valence-electron chi connectivity index (χ3n) is 6.16. The number of Topliss-reactive ketones (excluding diaryl/α,β-unsaturated/α-hetero) is 1. The number of hydrogen-bond acceptors (Lipinski definition) is 3. The molecule has 2 aromatic carbocycles. The van der Waals surface area contributed by atoms with E-state index in [4.69, 9.17) is 0 Å². The van der Waals surface area contributed by atoms with Crippen molar-refractivity contribution in [3.8, 4) is 0 Å². The van der Waals surface area contributed by atoms with Gasteiger partial charge in [0.2, 0.25) is 0 Å². The van der Waals surface area contributed by atoms with Crippen LogP contribution < -0.4 is 4.31 Å². The summed E-state index contributed by atoms with van der Waals surface area (Å²) in [5, 5.41) is 0.832. The molecule has 1 aromatic heterocycles. The number of carbonyl (C=O) groups excluding carboxylic acids is 1. The van der Waals surface area contributed by atoms with Crippen molar-refractivity contribution in [2.45, 2.75) is 44.9 Å². The second kappa shape index (κ2) is 5.95. The number of H-pyrrole nitrogens is 1. The number of fused-ring (bicyclic) bond motifs is 4. The first kappa shape index (κ1) is 18.4. The van der Waals surface area contributed by atoms with Crippen LogP contribution in [0.15, 0.2) is 41.3 Å². The highest BCUT2D eigenvalue weighted by Gasteiger charge is 2.35. The van der Waals surface area contributed by atoms with Gasteiger partial charge in [-0.15, -0.1) is 0 Å². The lowest BCUT2D eigenvalue weighted by molar-refractivity contribution is 0.0913. The zero-order chi connectivity index (χ0) is 20.6. The lowest BCUT2D eigenvalue weighted by Crippen LogP contribution is -2.29. The van der Waals surface area contributed by atoms with Gasteiger partial charge in [-0.3, -0.25) is 9.10 Å². The number of sulfonamides is 1. The van der Waals surface area contributed by atoms with Crippen molar-refractivity contribution in [1.29, 1.82) is 0 Å². The minimum Gasteiger partial charge on any atom is -0.358 e. The summed E-state index contributed by atoms with van der Waals surface area (Å²) < 4.78 is 28.5. The van der Waals surface area contributed by atoms with E-state index in [1.54, 1.807) is 6.07 Å². The first-order chi connectivity index (χ1) is 13.7. The summed E-state index contributed by atoms with van der Waals surface area (Å²) in [6.07, 6.45) is 2.01. The third kappa shape index (κ3) is 2.73. The van der Waals surface area contributed by atoms with Crippen LogP contribution in [0.5, 0.6) is 0 Å². The highest BCUT2D eigenvalue weighted by atomic mass is 32.2. The lowest BCUT2D eigenvalue weighted by atomic mass is 9.76. The van der Waals surface area contributed by atoms with Crippen molar-refractivity contribution in [2.24, 2.45) is 5.41 Å². The summed E-state index contributed by atoms with van der Waals surface area (Å²) in [6.45, 7) is 6.44. The molecular weight excluding hydrogens is 384 g/mol. The van der Waals surface area contributed by atoms with Gasteiger partial charge in [-0.1, -0.05) is 32.0 Å². The number of aromatic nitrogens is 1. The maximum atomic E-state index is 13.5. The molecule has 5 nitrogen and oxygen atoms in total. The van der Waals surface area contributed by atoms with Crippen LogP contribution in [0.25, 0.3) is 10.9 Å². The molecule has 0 amide bonds. The normalized spacial score (nSPS) is 18.2. The van der Waals surface area contributed by atoms with Gasteiger partial charge in [0.05, 0.1) is 10.6 Å². The van der Waals surface area contributed by atoms with Crippen LogP contribution in [0, 0.1) is 12.3 Å². The Labute approximate surface area is 170 Å². The van der Waals surface area contributed by atoms with E-state index in [1.807, 2.05) is 37.3 Å².